The number of methoxy groups -OCH3 is 2. The summed E-state index contributed by atoms with van der Waals surface area (Å²) in [7, 11) is 2.42. The molecule has 1 aliphatic heterocycles. The van der Waals surface area contributed by atoms with E-state index in [2.05, 4.69) is 5.32 Å². The number of esters is 2. The Morgan fingerprint density at radius 3 is 2.50 bits per heavy atom. The molecular formula is C14H14N2O6. The molecule has 1 aliphatic rings. The predicted octanol–water partition coefficient (Wildman–Crippen LogP) is 1.51. The van der Waals surface area contributed by atoms with Gasteiger partial charge in [0.25, 0.3) is 5.69 Å². The van der Waals surface area contributed by atoms with E-state index >= 15 is 0 Å². The number of hydrogen-bond donors (Lipinski definition) is 1. The molecule has 0 bridgehead atoms. The summed E-state index contributed by atoms with van der Waals surface area (Å²) < 4.78 is 9.42. The summed E-state index contributed by atoms with van der Waals surface area (Å²) >= 11 is 0. The number of ether oxygens (including phenoxy) is 2. The fourth-order valence-electron chi connectivity index (χ4n) is 2.26. The van der Waals surface area contributed by atoms with Gasteiger partial charge in [-0.1, -0.05) is 0 Å². The molecule has 0 saturated heterocycles. The van der Waals surface area contributed by atoms with Crippen molar-refractivity contribution in [1.82, 2.24) is 0 Å². The molecule has 1 heterocycles. The van der Waals surface area contributed by atoms with Crippen LogP contribution in [0.2, 0.25) is 0 Å². The van der Waals surface area contributed by atoms with Gasteiger partial charge < -0.3 is 14.8 Å². The normalized spacial score (nSPS) is 19.3. The van der Waals surface area contributed by atoms with Crippen molar-refractivity contribution < 1.29 is 24.0 Å². The first kappa shape index (κ1) is 15.5. The zero-order valence-corrected chi connectivity index (χ0v) is 12.2. The maximum Gasteiger partial charge on any atom is 0.338 e. The van der Waals surface area contributed by atoms with E-state index < -0.39 is 22.4 Å². The number of nitrogens with zero attached hydrogens (tertiary/aromatic N) is 1. The van der Waals surface area contributed by atoms with E-state index in [0.717, 1.165) is 0 Å². The second kappa shape index (κ2) is 5.47. The molecule has 1 aromatic carbocycles. The number of carbonyl (C=O) groups excluding carboxylic acids is 2. The van der Waals surface area contributed by atoms with Crippen LogP contribution in [-0.2, 0) is 19.1 Å². The molecule has 0 spiro atoms. The van der Waals surface area contributed by atoms with E-state index in [1.54, 1.807) is 0 Å². The number of non-ortho nitro benzene ring substituents is 1. The first-order valence-corrected chi connectivity index (χ1v) is 6.29. The molecule has 0 radical (unpaired) electrons. The van der Waals surface area contributed by atoms with E-state index in [4.69, 9.17) is 9.47 Å². The Balaban J connectivity index is 2.63. The van der Waals surface area contributed by atoms with Crippen molar-refractivity contribution in [3.63, 3.8) is 0 Å². The first-order chi connectivity index (χ1) is 10.3. The van der Waals surface area contributed by atoms with E-state index in [1.165, 1.54) is 45.4 Å². The van der Waals surface area contributed by atoms with Gasteiger partial charge in [0.15, 0.2) is 5.54 Å². The number of fused-ring (bicyclic) bond motifs is 1. The van der Waals surface area contributed by atoms with Crippen molar-refractivity contribution in [1.29, 1.82) is 0 Å². The molecule has 1 N–H and O–H groups in total. The van der Waals surface area contributed by atoms with Crippen LogP contribution in [0.5, 0.6) is 0 Å². The summed E-state index contributed by atoms with van der Waals surface area (Å²) in [5.41, 5.74) is -0.685. The Labute approximate surface area is 125 Å². The standard InChI is InChI=1S/C14H14N2O6/c1-14(13(18)22-3)7-10(12(17)21-2)9-6-8(16(19)20)4-5-11(9)15-14/h4-7,15H,1-3H3. The third kappa shape index (κ3) is 2.50. The van der Waals surface area contributed by atoms with Crippen LogP contribution in [0.3, 0.4) is 0 Å². The third-order valence-electron chi connectivity index (χ3n) is 3.35. The maximum absolute atomic E-state index is 12.0. The summed E-state index contributed by atoms with van der Waals surface area (Å²) in [5.74, 6) is -1.30. The number of benzene rings is 1. The van der Waals surface area contributed by atoms with Gasteiger partial charge in [0.05, 0.1) is 24.7 Å². The minimum atomic E-state index is -1.28. The lowest BCUT2D eigenvalue weighted by Gasteiger charge is -2.31. The molecule has 1 aromatic rings. The fraction of sp³-hybridized carbons (Fsp3) is 0.286. The molecule has 1 unspecified atom stereocenters. The van der Waals surface area contributed by atoms with Gasteiger partial charge >= 0.3 is 11.9 Å². The van der Waals surface area contributed by atoms with E-state index in [9.17, 15) is 19.7 Å². The zero-order chi connectivity index (χ0) is 16.5. The van der Waals surface area contributed by atoms with Gasteiger partial charge in [-0.3, -0.25) is 10.1 Å². The van der Waals surface area contributed by atoms with Crippen LogP contribution in [0.4, 0.5) is 11.4 Å². The van der Waals surface area contributed by atoms with Gasteiger partial charge in [-0.25, -0.2) is 9.59 Å². The Morgan fingerprint density at radius 2 is 1.95 bits per heavy atom. The molecule has 0 saturated carbocycles. The maximum atomic E-state index is 12.0. The van der Waals surface area contributed by atoms with Crippen molar-refractivity contribution in [3.8, 4) is 0 Å². The van der Waals surface area contributed by atoms with Crippen LogP contribution in [0.1, 0.15) is 12.5 Å². The molecule has 116 valence electrons. The van der Waals surface area contributed by atoms with E-state index in [1.807, 2.05) is 0 Å². The minimum absolute atomic E-state index is 0.0628. The predicted molar refractivity (Wildman–Crippen MR) is 77.1 cm³/mol. The summed E-state index contributed by atoms with van der Waals surface area (Å²) in [4.78, 5) is 34.2. The third-order valence-corrected chi connectivity index (χ3v) is 3.35. The van der Waals surface area contributed by atoms with Gasteiger partial charge in [-0.15, -0.1) is 0 Å². The molecular weight excluding hydrogens is 292 g/mol. The Morgan fingerprint density at radius 1 is 1.27 bits per heavy atom. The Bertz CT molecular complexity index is 697. The van der Waals surface area contributed by atoms with Crippen molar-refractivity contribution in [3.05, 3.63) is 40.0 Å². The van der Waals surface area contributed by atoms with Gasteiger partial charge in [-0.2, -0.15) is 0 Å². The summed E-state index contributed by atoms with van der Waals surface area (Å²) in [6, 6.07) is 3.97. The average molecular weight is 306 g/mol. The monoisotopic (exact) mass is 306 g/mol. The molecule has 0 aliphatic carbocycles. The number of nitrogens with one attached hydrogen (secondary N) is 1. The highest BCUT2D eigenvalue weighted by molar-refractivity contribution is 6.20. The van der Waals surface area contributed by atoms with Crippen molar-refractivity contribution in [2.45, 2.75) is 12.5 Å². The number of hydrogen-bond acceptors (Lipinski definition) is 7. The lowest BCUT2D eigenvalue weighted by atomic mass is 9.89. The van der Waals surface area contributed by atoms with Gasteiger partial charge in [0, 0.05) is 23.4 Å². The molecule has 2 rings (SSSR count). The topological polar surface area (TPSA) is 108 Å². The van der Waals surface area contributed by atoms with Crippen LogP contribution in [0.25, 0.3) is 5.57 Å². The highest BCUT2D eigenvalue weighted by Crippen LogP contribution is 2.37. The van der Waals surface area contributed by atoms with Crippen LogP contribution < -0.4 is 5.32 Å². The van der Waals surface area contributed by atoms with Crippen LogP contribution in [0.15, 0.2) is 24.3 Å². The second-order valence-corrected chi connectivity index (χ2v) is 4.86. The van der Waals surface area contributed by atoms with Crippen molar-refractivity contribution in [2.24, 2.45) is 0 Å². The lowest BCUT2D eigenvalue weighted by Crippen LogP contribution is -2.45. The average Bonchev–Trinajstić information content (AvgIpc) is 2.51. The highest BCUT2D eigenvalue weighted by Gasteiger charge is 2.39. The molecule has 8 heteroatoms. The molecule has 0 aromatic heterocycles. The quantitative estimate of drug-likeness (QED) is 0.512. The number of nitro groups is 1. The number of carbonyl (C=O) groups is 2. The van der Waals surface area contributed by atoms with E-state index in [-0.39, 0.29) is 11.3 Å². The Hall–Kier alpha value is -2.90. The fourth-order valence-corrected chi connectivity index (χ4v) is 2.26. The highest BCUT2D eigenvalue weighted by atomic mass is 16.6. The molecule has 1 atom stereocenters. The smallest absolute Gasteiger partial charge is 0.338 e. The molecule has 0 amide bonds. The number of anilines is 1. The second-order valence-electron chi connectivity index (χ2n) is 4.86. The first-order valence-electron chi connectivity index (χ1n) is 6.29. The van der Waals surface area contributed by atoms with Crippen molar-refractivity contribution in [2.75, 3.05) is 19.5 Å². The largest absolute Gasteiger partial charge is 0.467 e. The Kier molecular flexibility index (Phi) is 3.85. The SMILES string of the molecule is COC(=O)C1=CC(C)(C(=O)OC)Nc2ccc([N+](=O)[O-])cc21. The van der Waals surface area contributed by atoms with Gasteiger partial charge in [0.1, 0.15) is 0 Å². The molecule has 0 fully saturated rings. The molecule has 8 nitrogen and oxygen atoms in total. The zero-order valence-electron chi connectivity index (χ0n) is 12.2. The number of rotatable bonds is 3. The van der Waals surface area contributed by atoms with Crippen molar-refractivity contribution >= 4 is 28.9 Å². The van der Waals surface area contributed by atoms with Gasteiger partial charge in [0.2, 0.25) is 0 Å². The van der Waals surface area contributed by atoms with Crippen LogP contribution in [-0.4, -0.2) is 36.6 Å². The summed E-state index contributed by atoms with van der Waals surface area (Å²) in [5, 5.41) is 13.8. The molecule has 22 heavy (non-hydrogen) atoms. The van der Waals surface area contributed by atoms with Gasteiger partial charge in [-0.05, 0) is 19.1 Å². The van der Waals surface area contributed by atoms with Crippen LogP contribution >= 0.6 is 0 Å². The number of nitro benzene ring substituents is 1. The van der Waals surface area contributed by atoms with E-state index in [0.29, 0.717) is 11.3 Å². The summed E-state index contributed by atoms with van der Waals surface area (Å²) in [6.07, 6.45) is 1.34. The minimum Gasteiger partial charge on any atom is -0.467 e. The lowest BCUT2D eigenvalue weighted by molar-refractivity contribution is -0.384. The summed E-state index contributed by atoms with van der Waals surface area (Å²) in [6.45, 7) is 1.53. The van der Waals surface area contributed by atoms with Crippen LogP contribution in [0, 0.1) is 10.1 Å².